The van der Waals surface area contributed by atoms with Crippen LogP contribution in [-0.2, 0) is 40.0 Å². The summed E-state index contributed by atoms with van der Waals surface area (Å²) < 4.78 is 16.2. The van der Waals surface area contributed by atoms with Crippen molar-refractivity contribution < 1.29 is 38.5 Å². The first-order valence-electron chi connectivity index (χ1n) is 10.6. The summed E-state index contributed by atoms with van der Waals surface area (Å²) in [5, 5.41) is 9.70. The Labute approximate surface area is 185 Å². The molecular formula is C24H26O8. The Morgan fingerprint density at radius 2 is 1.78 bits per heavy atom. The third-order valence-corrected chi connectivity index (χ3v) is 7.14. The predicted molar refractivity (Wildman–Crippen MR) is 111 cm³/mol. The van der Waals surface area contributed by atoms with E-state index in [1.807, 2.05) is 38.1 Å². The van der Waals surface area contributed by atoms with Gasteiger partial charge in [-0.15, -0.1) is 0 Å². The van der Waals surface area contributed by atoms with Crippen LogP contribution in [0.25, 0.3) is 6.08 Å². The second-order valence-electron chi connectivity index (χ2n) is 9.23. The molecule has 0 aromatic heterocycles. The molecule has 32 heavy (non-hydrogen) atoms. The van der Waals surface area contributed by atoms with E-state index in [2.05, 4.69) is 6.58 Å². The zero-order valence-electron chi connectivity index (χ0n) is 18.0. The number of benzene rings is 1. The number of hydrogen-bond acceptors (Lipinski definition) is 7. The van der Waals surface area contributed by atoms with Crippen LogP contribution in [0.4, 0.5) is 0 Å². The lowest BCUT2D eigenvalue weighted by atomic mass is 9.78. The molecule has 0 spiro atoms. The highest BCUT2D eigenvalue weighted by Gasteiger charge is 2.77. The number of carboxylic acids is 1. The van der Waals surface area contributed by atoms with Gasteiger partial charge in [0.1, 0.15) is 18.8 Å². The van der Waals surface area contributed by atoms with Crippen molar-refractivity contribution >= 4 is 30.0 Å². The van der Waals surface area contributed by atoms with E-state index in [-0.39, 0.29) is 25.4 Å². The number of esters is 3. The number of hydrogen-bond donors (Lipinski definition) is 1. The van der Waals surface area contributed by atoms with Crippen LogP contribution in [0.5, 0.6) is 0 Å². The van der Waals surface area contributed by atoms with Crippen LogP contribution in [0.1, 0.15) is 37.8 Å². The first-order chi connectivity index (χ1) is 15.1. The molecule has 2 bridgehead atoms. The number of aliphatic carboxylic acids is 1. The van der Waals surface area contributed by atoms with E-state index < -0.39 is 59.3 Å². The summed E-state index contributed by atoms with van der Waals surface area (Å²) in [6.07, 6.45) is -0.124. The minimum absolute atomic E-state index is 0.0889. The Morgan fingerprint density at radius 1 is 1.12 bits per heavy atom. The van der Waals surface area contributed by atoms with E-state index >= 15 is 0 Å². The molecule has 170 valence electrons. The molecule has 1 saturated heterocycles. The monoisotopic (exact) mass is 442 g/mol. The fraction of sp³-hybridized carbons (Fsp3) is 0.500. The van der Waals surface area contributed by atoms with Crippen LogP contribution in [0.2, 0.25) is 0 Å². The third-order valence-electron chi connectivity index (χ3n) is 7.14. The summed E-state index contributed by atoms with van der Waals surface area (Å²) in [7, 11) is 0. The van der Waals surface area contributed by atoms with Gasteiger partial charge in [0, 0.05) is 11.8 Å². The lowest BCUT2D eigenvalue weighted by Gasteiger charge is -2.30. The lowest BCUT2D eigenvalue weighted by Crippen LogP contribution is -2.43. The molecule has 1 aromatic rings. The van der Waals surface area contributed by atoms with Crippen molar-refractivity contribution in [2.24, 2.45) is 29.1 Å². The second-order valence-corrected chi connectivity index (χ2v) is 9.23. The van der Waals surface area contributed by atoms with Crippen molar-refractivity contribution in [2.75, 3.05) is 0 Å². The molecule has 2 aliphatic carbocycles. The van der Waals surface area contributed by atoms with Crippen LogP contribution < -0.4 is 0 Å². The molecule has 4 rings (SSSR count). The molecule has 8 nitrogen and oxygen atoms in total. The van der Waals surface area contributed by atoms with E-state index in [1.54, 1.807) is 6.08 Å². The third kappa shape index (κ3) is 3.57. The summed E-state index contributed by atoms with van der Waals surface area (Å²) in [5.74, 6) is -5.30. The summed E-state index contributed by atoms with van der Waals surface area (Å²) in [6, 6.07) is 7.36. The van der Waals surface area contributed by atoms with Gasteiger partial charge in [-0.3, -0.25) is 19.2 Å². The van der Waals surface area contributed by atoms with Crippen molar-refractivity contribution in [3.05, 3.63) is 42.0 Å². The van der Waals surface area contributed by atoms with Gasteiger partial charge in [0.05, 0.1) is 24.7 Å². The van der Waals surface area contributed by atoms with Gasteiger partial charge in [-0.05, 0) is 16.5 Å². The van der Waals surface area contributed by atoms with E-state index in [9.17, 15) is 24.3 Å². The van der Waals surface area contributed by atoms with E-state index in [4.69, 9.17) is 14.2 Å². The van der Waals surface area contributed by atoms with Gasteiger partial charge in [0.15, 0.2) is 0 Å². The normalized spacial score (nSPS) is 31.1. The molecule has 8 heteroatoms. The fourth-order valence-electron chi connectivity index (χ4n) is 5.75. The highest BCUT2D eigenvalue weighted by atomic mass is 16.6. The first-order valence-corrected chi connectivity index (χ1v) is 10.6. The molecule has 6 atom stereocenters. The fourth-order valence-corrected chi connectivity index (χ4v) is 5.75. The van der Waals surface area contributed by atoms with Gasteiger partial charge in [-0.2, -0.15) is 0 Å². The van der Waals surface area contributed by atoms with E-state index in [0.29, 0.717) is 0 Å². The summed E-state index contributed by atoms with van der Waals surface area (Å²) >= 11 is 0. The Kier molecular flexibility index (Phi) is 5.56. The van der Waals surface area contributed by atoms with Gasteiger partial charge < -0.3 is 19.3 Å². The SMILES string of the molecule is C=Cc1ccc(COC(=O)CCC(=O)OC2C3OC(=O)C4C(C(=O)O)C2C(C)(C)C34)cc1. The molecule has 6 unspecified atom stereocenters. The smallest absolute Gasteiger partial charge is 0.310 e. The molecule has 1 aromatic carbocycles. The topological polar surface area (TPSA) is 116 Å². The van der Waals surface area contributed by atoms with Crippen LogP contribution in [-0.4, -0.2) is 41.2 Å². The number of ether oxygens (including phenoxy) is 3. The van der Waals surface area contributed by atoms with Crippen molar-refractivity contribution in [3.63, 3.8) is 0 Å². The van der Waals surface area contributed by atoms with Crippen LogP contribution >= 0.6 is 0 Å². The molecule has 1 heterocycles. The minimum atomic E-state index is -1.08. The Hall–Kier alpha value is -3.16. The van der Waals surface area contributed by atoms with Gasteiger partial charge in [-0.25, -0.2) is 0 Å². The van der Waals surface area contributed by atoms with Crippen molar-refractivity contribution in [1.29, 1.82) is 0 Å². The first kappa shape index (κ1) is 22.0. The molecular weight excluding hydrogens is 416 g/mol. The standard InChI is InChI=1S/C24H26O8/c1-4-12-5-7-13(8-6-12)11-30-14(25)9-10-15(26)31-20-18-16(22(27)28)17-19(24(18,2)3)21(20)32-23(17)29/h4-8,16-21H,1,9-11H2,2-3H3,(H,27,28). The van der Waals surface area contributed by atoms with E-state index in [0.717, 1.165) is 11.1 Å². The number of rotatable bonds is 8. The Balaban J connectivity index is 1.32. The number of carbonyl (C=O) groups excluding carboxylic acids is 3. The Morgan fingerprint density at radius 3 is 2.41 bits per heavy atom. The van der Waals surface area contributed by atoms with Crippen molar-refractivity contribution in [2.45, 2.75) is 45.5 Å². The van der Waals surface area contributed by atoms with Crippen LogP contribution in [0, 0.1) is 29.1 Å². The summed E-state index contributed by atoms with van der Waals surface area (Å²) in [4.78, 5) is 48.6. The maximum absolute atomic E-state index is 12.4. The molecule has 0 amide bonds. The molecule has 1 N–H and O–H groups in total. The van der Waals surface area contributed by atoms with Crippen LogP contribution in [0.3, 0.4) is 0 Å². The van der Waals surface area contributed by atoms with Gasteiger partial charge >= 0.3 is 23.9 Å². The molecule has 3 fully saturated rings. The van der Waals surface area contributed by atoms with Crippen molar-refractivity contribution in [1.82, 2.24) is 0 Å². The molecule has 3 aliphatic rings. The maximum atomic E-state index is 12.4. The maximum Gasteiger partial charge on any atom is 0.310 e. The summed E-state index contributed by atoms with van der Waals surface area (Å²) in [6.45, 7) is 7.55. The molecule has 2 saturated carbocycles. The zero-order valence-corrected chi connectivity index (χ0v) is 18.0. The quantitative estimate of drug-likeness (QED) is 0.482. The minimum Gasteiger partial charge on any atom is -0.481 e. The number of carboxylic acid groups (broad SMARTS) is 1. The van der Waals surface area contributed by atoms with Crippen LogP contribution in [0.15, 0.2) is 30.8 Å². The Bertz CT molecular complexity index is 963. The highest BCUT2D eigenvalue weighted by molar-refractivity contribution is 5.86. The lowest BCUT2D eigenvalue weighted by molar-refractivity contribution is -0.166. The van der Waals surface area contributed by atoms with Crippen molar-refractivity contribution in [3.8, 4) is 0 Å². The van der Waals surface area contributed by atoms with Gasteiger partial charge in [0.2, 0.25) is 0 Å². The zero-order chi connectivity index (χ0) is 23.2. The average molecular weight is 442 g/mol. The molecule has 0 radical (unpaired) electrons. The molecule has 1 aliphatic heterocycles. The van der Waals surface area contributed by atoms with E-state index in [1.165, 1.54) is 0 Å². The summed E-state index contributed by atoms with van der Waals surface area (Å²) in [5.41, 5.74) is 1.25. The average Bonchev–Trinajstić information content (AvgIpc) is 3.25. The van der Waals surface area contributed by atoms with Gasteiger partial charge in [0.25, 0.3) is 0 Å². The second kappa shape index (κ2) is 8.07. The van der Waals surface area contributed by atoms with Gasteiger partial charge in [-0.1, -0.05) is 50.8 Å². The predicted octanol–water partition coefficient (Wildman–Crippen LogP) is 2.59. The highest BCUT2D eigenvalue weighted by Crippen LogP contribution is 2.67. The number of fused-ring (bicyclic) bond motifs is 1. The largest absolute Gasteiger partial charge is 0.481 e. The number of carbonyl (C=O) groups is 4.